The summed E-state index contributed by atoms with van der Waals surface area (Å²) in [4.78, 5) is 13.5. The van der Waals surface area contributed by atoms with Gasteiger partial charge in [0.2, 0.25) is 0 Å². The molecule has 2 aromatic heterocycles. The van der Waals surface area contributed by atoms with Gasteiger partial charge in [0.05, 0.1) is 24.3 Å². The molecule has 3 N–H and O–H groups in total. The number of aliphatic hydroxyl groups excluding tert-OH is 2. The molecule has 1 aliphatic carbocycles. The molecular formula is C15H18N2O4S. The quantitative estimate of drug-likeness (QED) is 0.780. The minimum absolute atomic E-state index is 0.126. The van der Waals surface area contributed by atoms with Gasteiger partial charge in [0, 0.05) is 4.88 Å². The molecule has 1 saturated carbocycles. The number of rotatable bonds is 5. The lowest BCUT2D eigenvalue weighted by atomic mass is 9.76. The van der Waals surface area contributed by atoms with Crippen LogP contribution in [0.4, 0.5) is 0 Å². The highest BCUT2D eigenvalue weighted by Crippen LogP contribution is 2.39. The van der Waals surface area contributed by atoms with Crippen molar-refractivity contribution in [1.29, 1.82) is 0 Å². The summed E-state index contributed by atoms with van der Waals surface area (Å²) in [5, 5.41) is 27.6. The van der Waals surface area contributed by atoms with Crippen LogP contribution < -0.4 is 5.32 Å². The molecule has 6 nitrogen and oxygen atoms in total. The first-order chi connectivity index (χ1) is 10.6. The van der Waals surface area contributed by atoms with E-state index in [1.54, 1.807) is 18.3 Å². The van der Waals surface area contributed by atoms with E-state index in [9.17, 15) is 15.0 Å². The highest BCUT2D eigenvalue weighted by molar-refractivity contribution is 7.10. The zero-order valence-corrected chi connectivity index (χ0v) is 13.0. The summed E-state index contributed by atoms with van der Waals surface area (Å²) >= 11 is 1.57. The minimum atomic E-state index is -0.360. The van der Waals surface area contributed by atoms with Crippen molar-refractivity contribution in [2.24, 2.45) is 5.92 Å². The number of hydrogen-bond acceptors (Lipinski definition) is 6. The summed E-state index contributed by atoms with van der Waals surface area (Å²) in [6, 6.07) is 3.76. The van der Waals surface area contributed by atoms with E-state index >= 15 is 0 Å². The SMILES string of the molecule is Cc1onc(C(=O)N[C@H](c2cccs2)C2CC(O)C2)c1CO. The third kappa shape index (κ3) is 2.79. The maximum atomic E-state index is 12.5. The second-order valence-corrected chi connectivity index (χ2v) is 6.56. The molecule has 3 rings (SSSR count). The zero-order chi connectivity index (χ0) is 15.7. The van der Waals surface area contributed by atoms with E-state index < -0.39 is 0 Å². The molecule has 1 amide bonds. The maximum Gasteiger partial charge on any atom is 0.274 e. The Hall–Kier alpha value is -1.70. The molecule has 0 unspecified atom stereocenters. The summed E-state index contributed by atoms with van der Waals surface area (Å²) in [6.07, 6.45) is 1.06. The monoisotopic (exact) mass is 322 g/mol. The lowest BCUT2D eigenvalue weighted by Crippen LogP contribution is -2.41. The Balaban J connectivity index is 1.79. The second kappa shape index (κ2) is 6.20. The van der Waals surface area contributed by atoms with Crippen molar-refractivity contribution in [3.8, 4) is 0 Å². The summed E-state index contributed by atoms with van der Waals surface area (Å²) in [6.45, 7) is 1.37. The van der Waals surface area contributed by atoms with Crippen molar-refractivity contribution in [3.05, 3.63) is 39.4 Å². The molecule has 1 atom stereocenters. The smallest absolute Gasteiger partial charge is 0.274 e. The van der Waals surface area contributed by atoms with Gasteiger partial charge in [0.1, 0.15) is 5.76 Å². The Kier molecular flexibility index (Phi) is 4.28. The first kappa shape index (κ1) is 15.2. The van der Waals surface area contributed by atoms with Gasteiger partial charge in [-0.1, -0.05) is 11.2 Å². The van der Waals surface area contributed by atoms with Crippen molar-refractivity contribution >= 4 is 17.2 Å². The first-order valence-electron chi connectivity index (χ1n) is 7.18. The number of carbonyl (C=O) groups is 1. The van der Waals surface area contributed by atoms with Gasteiger partial charge in [-0.05, 0) is 37.1 Å². The van der Waals surface area contributed by atoms with Gasteiger partial charge in [-0.15, -0.1) is 11.3 Å². The van der Waals surface area contributed by atoms with Crippen LogP contribution in [0.1, 0.15) is 45.6 Å². The second-order valence-electron chi connectivity index (χ2n) is 5.58. The van der Waals surface area contributed by atoms with E-state index in [1.807, 2.05) is 17.5 Å². The van der Waals surface area contributed by atoms with Crippen LogP contribution >= 0.6 is 11.3 Å². The van der Waals surface area contributed by atoms with Crippen LogP contribution in [0.25, 0.3) is 0 Å². The maximum absolute atomic E-state index is 12.5. The van der Waals surface area contributed by atoms with Crippen LogP contribution in [0.15, 0.2) is 22.0 Å². The third-order valence-corrected chi connectivity index (χ3v) is 5.07. The van der Waals surface area contributed by atoms with Gasteiger partial charge in [-0.3, -0.25) is 4.79 Å². The Labute approximate surface area is 131 Å². The molecule has 0 saturated heterocycles. The molecule has 0 spiro atoms. The predicted molar refractivity (Wildman–Crippen MR) is 80.4 cm³/mol. The standard InChI is InChI=1S/C15H18N2O4S/c1-8-11(7-18)14(17-21-8)15(20)16-13(9-5-10(19)6-9)12-3-2-4-22-12/h2-4,9-10,13,18-19H,5-7H2,1H3,(H,16,20)/t9?,10?,13-/m0/s1. The molecule has 0 bridgehead atoms. The van der Waals surface area contributed by atoms with E-state index in [1.165, 1.54) is 0 Å². The highest BCUT2D eigenvalue weighted by Gasteiger charge is 2.37. The van der Waals surface area contributed by atoms with E-state index in [4.69, 9.17) is 4.52 Å². The number of hydrogen-bond donors (Lipinski definition) is 3. The van der Waals surface area contributed by atoms with Gasteiger partial charge in [-0.25, -0.2) is 0 Å². The van der Waals surface area contributed by atoms with Gasteiger partial charge in [-0.2, -0.15) is 0 Å². The summed E-state index contributed by atoms with van der Waals surface area (Å²) in [5.41, 5.74) is 0.539. The molecular weight excluding hydrogens is 304 g/mol. The Bertz CT molecular complexity index is 647. The Morgan fingerprint density at radius 3 is 2.95 bits per heavy atom. The summed E-state index contributed by atoms with van der Waals surface area (Å²) in [5.74, 6) is 0.295. The molecule has 0 radical (unpaired) electrons. The van der Waals surface area contributed by atoms with Crippen LogP contribution in [0.3, 0.4) is 0 Å². The number of aliphatic hydroxyl groups is 2. The number of nitrogens with zero attached hydrogens (tertiary/aromatic N) is 1. The molecule has 0 aliphatic heterocycles. The number of aromatic nitrogens is 1. The minimum Gasteiger partial charge on any atom is -0.393 e. The van der Waals surface area contributed by atoms with Crippen LogP contribution in [-0.2, 0) is 6.61 Å². The fourth-order valence-electron chi connectivity index (χ4n) is 2.76. The predicted octanol–water partition coefficient (Wildman–Crippen LogP) is 1.78. The topological polar surface area (TPSA) is 95.6 Å². The summed E-state index contributed by atoms with van der Waals surface area (Å²) < 4.78 is 4.99. The van der Waals surface area contributed by atoms with Crippen molar-refractivity contribution in [2.75, 3.05) is 0 Å². The molecule has 22 heavy (non-hydrogen) atoms. The number of amides is 1. The average Bonchev–Trinajstić information content (AvgIpc) is 3.10. The largest absolute Gasteiger partial charge is 0.393 e. The number of aryl methyl sites for hydroxylation is 1. The van der Waals surface area contributed by atoms with E-state index in [2.05, 4.69) is 10.5 Å². The number of thiophene rings is 1. The average molecular weight is 322 g/mol. The van der Waals surface area contributed by atoms with Crippen LogP contribution in [-0.4, -0.2) is 27.4 Å². The van der Waals surface area contributed by atoms with Crippen LogP contribution in [0, 0.1) is 12.8 Å². The summed E-state index contributed by atoms with van der Waals surface area (Å²) in [7, 11) is 0. The van der Waals surface area contributed by atoms with Gasteiger partial charge >= 0.3 is 0 Å². The van der Waals surface area contributed by atoms with E-state index in [-0.39, 0.29) is 36.3 Å². The van der Waals surface area contributed by atoms with Gasteiger partial charge < -0.3 is 20.1 Å². The zero-order valence-electron chi connectivity index (χ0n) is 12.2. The Morgan fingerprint density at radius 2 is 2.36 bits per heavy atom. The molecule has 0 aromatic carbocycles. The molecule has 118 valence electrons. The number of carbonyl (C=O) groups excluding carboxylic acids is 1. The lowest BCUT2D eigenvalue weighted by Gasteiger charge is -2.37. The van der Waals surface area contributed by atoms with Crippen molar-refractivity contribution in [1.82, 2.24) is 10.5 Å². The third-order valence-electron chi connectivity index (χ3n) is 4.12. The van der Waals surface area contributed by atoms with Crippen molar-refractivity contribution in [3.63, 3.8) is 0 Å². The van der Waals surface area contributed by atoms with Gasteiger partial charge in [0.25, 0.3) is 5.91 Å². The fraction of sp³-hybridized carbons (Fsp3) is 0.467. The highest BCUT2D eigenvalue weighted by atomic mass is 32.1. The molecule has 1 aliphatic rings. The van der Waals surface area contributed by atoms with Crippen molar-refractivity contribution in [2.45, 2.75) is 38.5 Å². The fourth-order valence-corrected chi connectivity index (χ4v) is 3.63. The lowest BCUT2D eigenvalue weighted by molar-refractivity contribution is 0.0240. The molecule has 2 aromatic rings. The van der Waals surface area contributed by atoms with Crippen LogP contribution in [0.5, 0.6) is 0 Å². The van der Waals surface area contributed by atoms with Crippen LogP contribution in [0.2, 0.25) is 0 Å². The van der Waals surface area contributed by atoms with Crippen molar-refractivity contribution < 1.29 is 19.5 Å². The molecule has 2 heterocycles. The first-order valence-corrected chi connectivity index (χ1v) is 8.06. The van der Waals surface area contributed by atoms with E-state index in [0.29, 0.717) is 24.2 Å². The molecule has 1 fully saturated rings. The molecule has 7 heteroatoms. The normalized spacial score (nSPS) is 22.1. The Morgan fingerprint density at radius 1 is 1.59 bits per heavy atom. The number of nitrogens with one attached hydrogen (secondary N) is 1. The van der Waals surface area contributed by atoms with Gasteiger partial charge in [0.15, 0.2) is 5.69 Å². The van der Waals surface area contributed by atoms with E-state index in [0.717, 1.165) is 4.88 Å².